The van der Waals surface area contributed by atoms with E-state index in [4.69, 9.17) is 4.74 Å². The number of rotatable bonds is 7. The number of carbonyl (C=O) groups is 3. The number of esters is 1. The Bertz CT molecular complexity index is 854. The molecule has 8 heteroatoms. The van der Waals surface area contributed by atoms with Gasteiger partial charge in [0.25, 0.3) is 0 Å². The first-order chi connectivity index (χ1) is 13.4. The van der Waals surface area contributed by atoms with Gasteiger partial charge in [-0.2, -0.15) is 0 Å². The molecular weight excluding hydrogens is 475 g/mol. The molecule has 0 aromatic heterocycles. The molecule has 7 nitrogen and oxygen atoms in total. The molecule has 1 N–H and O–H groups in total. The van der Waals surface area contributed by atoms with Gasteiger partial charge in [0.2, 0.25) is 11.8 Å². The maximum Gasteiger partial charge on any atom is 0.325 e. The minimum atomic E-state index is -0.955. The largest absolute Gasteiger partial charge is 0.497 e. The smallest absolute Gasteiger partial charge is 0.325 e. The third kappa shape index (κ3) is 5.22. The van der Waals surface area contributed by atoms with E-state index in [9.17, 15) is 14.4 Å². The predicted octanol–water partition coefficient (Wildman–Crippen LogP) is 2.68. The molecular formula is C20H21IN2O5. The Balaban J connectivity index is 2.49. The van der Waals surface area contributed by atoms with Crippen LogP contribution in [0.4, 0.5) is 5.69 Å². The summed E-state index contributed by atoms with van der Waals surface area (Å²) in [6.07, 6.45) is 0. The molecule has 0 unspecified atom stereocenters. The summed E-state index contributed by atoms with van der Waals surface area (Å²) in [5.74, 6) is -0.745. The number of amides is 2. The van der Waals surface area contributed by atoms with Gasteiger partial charge in [-0.05, 0) is 58.5 Å². The fourth-order valence-electron chi connectivity index (χ4n) is 2.68. The molecule has 2 rings (SSSR count). The maximum absolute atomic E-state index is 13.0. The van der Waals surface area contributed by atoms with Gasteiger partial charge in [-0.1, -0.05) is 18.2 Å². The van der Waals surface area contributed by atoms with Crippen LogP contribution in [0.25, 0.3) is 0 Å². The third-order valence-corrected chi connectivity index (χ3v) is 5.01. The Morgan fingerprint density at radius 3 is 2.25 bits per heavy atom. The summed E-state index contributed by atoms with van der Waals surface area (Å²) in [4.78, 5) is 38.4. The van der Waals surface area contributed by atoms with Crippen molar-refractivity contribution in [3.05, 3.63) is 57.7 Å². The van der Waals surface area contributed by atoms with Crippen molar-refractivity contribution < 1.29 is 23.9 Å². The summed E-state index contributed by atoms with van der Waals surface area (Å²) in [5.41, 5.74) is 1.18. The van der Waals surface area contributed by atoms with E-state index in [1.807, 2.05) is 12.1 Å². The average molecular weight is 496 g/mol. The number of nitrogens with one attached hydrogen (secondary N) is 1. The van der Waals surface area contributed by atoms with E-state index in [0.29, 0.717) is 17.0 Å². The van der Waals surface area contributed by atoms with Crippen molar-refractivity contribution in [2.45, 2.75) is 13.0 Å². The summed E-state index contributed by atoms with van der Waals surface area (Å²) in [5, 5.41) is 2.55. The molecule has 28 heavy (non-hydrogen) atoms. The standard InChI is InChI=1S/C20H21IN2O5/c1-13(24)23(14-8-10-15(27-2)11-9-14)19(16-6-4-5-7-17(16)21)20(26)22-12-18(25)28-3/h4-11,19H,12H2,1-3H3,(H,22,26)/t19-/m0/s1. The van der Waals surface area contributed by atoms with Crippen LogP contribution >= 0.6 is 22.6 Å². The van der Waals surface area contributed by atoms with Gasteiger partial charge < -0.3 is 14.8 Å². The number of anilines is 1. The van der Waals surface area contributed by atoms with Gasteiger partial charge in [-0.3, -0.25) is 19.3 Å². The Morgan fingerprint density at radius 2 is 1.71 bits per heavy atom. The van der Waals surface area contributed by atoms with Gasteiger partial charge in [-0.15, -0.1) is 0 Å². The first kappa shape index (κ1) is 21.7. The molecule has 148 valence electrons. The second kappa shape index (κ2) is 10.1. The second-order valence-corrected chi connectivity index (χ2v) is 6.97. The van der Waals surface area contributed by atoms with Crippen molar-refractivity contribution in [1.82, 2.24) is 5.32 Å². The number of nitrogens with zero attached hydrogens (tertiary/aromatic N) is 1. The zero-order chi connectivity index (χ0) is 20.7. The average Bonchev–Trinajstić information content (AvgIpc) is 2.70. The molecule has 0 radical (unpaired) electrons. The molecule has 1 atom stereocenters. The summed E-state index contributed by atoms with van der Waals surface area (Å²) in [6, 6.07) is 13.2. The molecule has 0 saturated heterocycles. The topological polar surface area (TPSA) is 84.9 Å². The monoisotopic (exact) mass is 496 g/mol. The van der Waals surface area contributed by atoms with E-state index in [0.717, 1.165) is 3.57 Å². The minimum absolute atomic E-state index is 0.288. The molecule has 0 fully saturated rings. The Morgan fingerprint density at radius 1 is 1.07 bits per heavy atom. The number of methoxy groups -OCH3 is 2. The Kier molecular flexibility index (Phi) is 7.80. The van der Waals surface area contributed by atoms with E-state index in [-0.39, 0.29) is 12.5 Å². The van der Waals surface area contributed by atoms with E-state index in [1.165, 1.54) is 18.9 Å². The van der Waals surface area contributed by atoms with Crippen molar-refractivity contribution >= 4 is 46.1 Å². The summed E-state index contributed by atoms with van der Waals surface area (Å²) >= 11 is 2.12. The highest BCUT2D eigenvalue weighted by atomic mass is 127. The second-order valence-electron chi connectivity index (χ2n) is 5.81. The lowest BCUT2D eigenvalue weighted by Crippen LogP contribution is -2.44. The zero-order valence-electron chi connectivity index (χ0n) is 15.8. The summed E-state index contributed by atoms with van der Waals surface area (Å²) in [7, 11) is 2.79. The van der Waals surface area contributed by atoms with E-state index < -0.39 is 17.9 Å². The molecule has 2 amide bonds. The van der Waals surface area contributed by atoms with Crippen molar-refractivity contribution in [3.63, 3.8) is 0 Å². The van der Waals surface area contributed by atoms with E-state index in [1.54, 1.807) is 43.5 Å². The van der Waals surface area contributed by atoms with Crippen LogP contribution in [0.2, 0.25) is 0 Å². The minimum Gasteiger partial charge on any atom is -0.497 e. The third-order valence-electron chi connectivity index (χ3n) is 4.03. The normalized spacial score (nSPS) is 11.3. The Labute approximate surface area is 177 Å². The Hall–Kier alpha value is -2.62. The molecule has 0 bridgehead atoms. The first-order valence-corrected chi connectivity index (χ1v) is 9.49. The lowest BCUT2D eigenvalue weighted by Gasteiger charge is -2.31. The molecule has 0 saturated carbocycles. The van der Waals surface area contributed by atoms with Crippen LogP contribution in [0.3, 0.4) is 0 Å². The van der Waals surface area contributed by atoms with Crippen LogP contribution in [0, 0.1) is 3.57 Å². The fourth-order valence-corrected chi connectivity index (χ4v) is 3.36. The summed E-state index contributed by atoms with van der Waals surface area (Å²) in [6.45, 7) is 1.10. The van der Waals surface area contributed by atoms with Crippen LogP contribution < -0.4 is 15.0 Å². The first-order valence-electron chi connectivity index (χ1n) is 8.41. The molecule has 0 aliphatic carbocycles. The number of carbonyl (C=O) groups excluding carboxylic acids is 3. The van der Waals surface area contributed by atoms with Gasteiger partial charge in [0.15, 0.2) is 0 Å². The predicted molar refractivity (Wildman–Crippen MR) is 113 cm³/mol. The number of hydrogen-bond acceptors (Lipinski definition) is 5. The van der Waals surface area contributed by atoms with Crippen LogP contribution in [-0.2, 0) is 19.1 Å². The van der Waals surface area contributed by atoms with Crippen molar-refractivity contribution in [2.75, 3.05) is 25.7 Å². The molecule has 2 aromatic rings. The number of benzene rings is 2. The zero-order valence-corrected chi connectivity index (χ0v) is 17.9. The van der Waals surface area contributed by atoms with E-state index >= 15 is 0 Å². The van der Waals surface area contributed by atoms with Crippen LogP contribution in [0.1, 0.15) is 18.5 Å². The van der Waals surface area contributed by atoms with Crippen molar-refractivity contribution in [1.29, 1.82) is 0 Å². The number of halogens is 1. The van der Waals surface area contributed by atoms with Crippen LogP contribution in [0.15, 0.2) is 48.5 Å². The highest BCUT2D eigenvalue weighted by Crippen LogP contribution is 2.31. The molecule has 0 aliphatic heterocycles. The highest BCUT2D eigenvalue weighted by molar-refractivity contribution is 14.1. The maximum atomic E-state index is 13.0. The quantitative estimate of drug-likeness (QED) is 0.471. The van der Waals surface area contributed by atoms with Gasteiger partial charge in [-0.25, -0.2) is 0 Å². The van der Waals surface area contributed by atoms with Gasteiger partial charge >= 0.3 is 5.97 Å². The molecule has 0 heterocycles. The lowest BCUT2D eigenvalue weighted by molar-refractivity contribution is -0.141. The summed E-state index contributed by atoms with van der Waals surface area (Å²) < 4.78 is 10.6. The molecule has 0 aliphatic rings. The van der Waals surface area contributed by atoms with Gasteiger partial charge in [0.1, 0.15) is 18.3 Å². The van der Waals surface area contributed by atoms with E-state index in [2.05, 4.69) is 32.6 Å². The SMILES string of the molecule is COC(=O)CNC(=O)[C@H](c1ccccc1I)N(C(C)=O)c1ccc(OC)cc1. The van der Waals surface area contributed by atoms with Crippen LogP contribution in [0.5, 0.6) is 5.75 Å². The van der Waals surface area contributed by atoms with Gasteiger partial charge in [0.05, 0.1) is 14.2 Å². The molecule has 0 spiro atoms. The van der Waals surface area contributed by atoms with Crippen molar-refractivity contribution in [3.8, 4) is 5.75 Å². The fraction of sp³-hybridized carbons (Fsp3) is 0.250. The van der Waals surface area contributed by atoms with Gasteiger partial charge in [0, 0.05) is 16.2 Å². The highest BCUT2D eigenvalue weighted by Gasteiger charge is 2.32. The van der Waals surface area contributed by atoms with Crippen LogP contribution in [-0.4, -0.2) is 38.5 Å². The number of ether oxygens (including phenoxy) is 2. The lowest BCUT2D eigenvalue weighted by atomic mass is 10.0. The molecule has 2 aromatic carbocycles. The number of hydrogen-bond donors (Lipinski definition) is 1. The van der Waals surface area contributed by atoms with Crippen molar-refractivity contribution in [2.24, 2.45) is 0 Å².